The zero-order valence-corrected chi connectivity index (χ0v) is 9.12. The minimum absolute atomic E-state index is 0.140. The van der Waals surface area contributed by atoms with Gasteiger partial charge in [-0.1, -0.05) is 27.7 Å². The molecule has 74 valence electrons. The summed E-state index contributed by atoms with van der Waals surface area (Å²) in [6, 6.07) is 2.07. The zero-order chi connectivity index (χ0) is 10.3. The van der Waals surface area contributed by atoms with E-state index in [0.29, 0.717) is 11.8 Å². The average molecular weight is 180 g/mol. The summed E-state index contributed by atoms with van der Waals surface area (Å²) in [6.07, 6.45) is 3.72. The van der Waals surface area contributed by atoms with Gasteiger partial charge < -0.3 is 0 Å². The molecule has 0 radical (unpaired) electrons. The van der Waals surface area contributed by atoms with Crippen molar-refractivity contribution in [2.75, 3.05) is 0 Å². The molecule has 0 heterocycles. The second-order valence-electron chi connectivity index (χ2n) is 4.24. The van der Waals surface area contributed by atoms with Gasteiger partial charge in [-0.2, -0.15) is 5.26 Å². The van der Waals surface area contributed by atoms with Crippen molar-refractivity contribution in [1.29, 1.82) is 5.26 Å². The molecule has 0 fully saturated rings. The van der Waals surface area contributed by atoms with Crippen molar-refractivity contribution in [2.45, 2.75) is 46.6 Å². The Morgan fingerprint density at radius 2 is 1.85 bits per heavy atom. The molecule has 0 aliphatic carbocycles. The number of aliphatic imine (C=N–C) groups is 1. The van der Waals surface area contributed by atoms with Gasteiger partial charge in [0.1, 0.15) is 6.04 Å². The summed E-state index contributed by atoms with van der Waals surface area (Å²) in [7, 11) is 0. The lowest BCUT2D eigenvalue weighted by atomic mass is 10.1. The Labute approximate surface area is 81.7 Å². The maximum atomic E-state index is 8.78. The van der Waals surface area contributed by atoms with Crippen LogP contribution in [0.15, 0.2) is 4.99 Å². The van der Waals surface area contributed by atoms with Gasteiger partial charge >= 0.3 is 0 Å². The molecule has 2 heteroatoms. The van der Waals surface area contributed by atoms with Crippen LogP contribution >= 0.6 is 0 Å². The molecule has 0 spiro atoms. The number of nitriles is 1. The first-order valence-corrected chi connectivity index (χ1v) is 4.97. The molecule has 0 saturated heterocycles. The van der Waals surface area contributed by atoms with Crippen LogP contribution in [0.2, 0.25) is 0 Å². The molecule has 0 aromatic carbocycles. The predicted octanol–water partition coefficient (Wildman–Crippen LogP) is 3.04. The molecular formula is C11H20N2. The minimum Gasteiger partial charge on any atom is -0.279 e. The van der Waals surface area contributed by atoms with Crippen LogP contribution in [0.4, 0.5) is 0 Å². The highest BCUT2D eigenvalue weighted by molar-refractivity contribution is 5.58. The molecule has 0 aromatic rings. The first-order valence-electron chi connectivity index (χ1n) is 4.97. The Morgan fingerprint density at radius 3 is 2.23 bits per heavy atom. The third-order valence-electron chi connectivity index (χ3n) is 1.71. The largest absolute Gasteiger partial charge is 0.279 e. The fourth-order valence-electron chi connectivity index (χ4n) is 0.992. The van der Waals surface area contributed by atoms with E-state index in [1.54, 1.807) is 0 Å². The molecule has 0 rings (SSSR count). The van der Waals surface area contributed by atoms with Crippen molar-refractivity contribution in [3.05, 3.63) is 0 Å². The maximum absolute atomic E-state index is 8.78. The van der Waals surface area contributed by atoms with Crippen LogP contribution in [0.1, 0.15) is 40.5 Å². The molecule has 0 saturated carbocycles. The van der Waals surface area contributed by atoms with Crippen molar-refractivity contribution in [3.63, 3.8) is 0 Å². The van der Waals surface area contributed by atoms with Crippen molar-refractivity contribution < 1.29 is 0 Å². The third kappa shape index (κ3) is 7.52. The quantitative estimate of drug-likeness (QED) is 0.599. The summed E-state index contributed by atoms with van der Waals surface area (Å²) < 4.78 is 0. The first kappa shape index (κ1) is 12.2. The van der Waals surface area contributed by atoms with Crippen molar-refractivity contribution in [3.8, 4) is 6.07 Å². The first-order chi connectivity index (χ1) is 6.06. The van der Waals surface area contributed by atoms with Crippen LogP contribution in [0, 0.1) is 23.2 Å². The number of hydrogen-bond donors (Lipinski definition) is 0. The van der Waals surface area contributed by atoms with E-state index in [1.807, 2.05) is 6.21 Å². The second kappa shape index (κ2) is 6.65. The van der Waals surface area contributed by atoms with Crippen LogP contribution in [0.25, 0.3) is 0 Å². The molecule has 0 aliphatic heterocycles. The summed E-state index contributed by atoms with van der Waals surface area (Å²) in [5, 5.41) is 8.78. The Balaban J connectivity index is 3.85. The highest BCUT2D eigenvalue weighted by Crippen LogP contribution is 2.07. The normalized spacial score (nSPS) is 13.9. The van der Waals surface area contributed by atoms with Gasteiger partial charge in [-0.05, 0) is 24.7 Å². The Kier molecular flexibility index (Phi) is 6.22. The van der Waals surface area contributed by atoms with E-state index in [0.717, 1.165) is 12.8 Å². The van der Waals surface area contributed by atoms with Gasteiger partial charge in [-0.3, -0.25) is 4.99 Å². The monoisotopic (exact) mass is 180 g/mol. The zero-order valence-electron chi connectivity index (χ0n) is 9.12. The molecule has 0 aliphatic rings. The molecule has 1 atom stereocenters. The molecule has 0 N–H and O–H groups in total. The highest BCUT2D eigenvalue weighted by atomic mass is 14.8. The third-order valence-corrected chi connectivity index (χ3v) is 1.71. The van der Waals surface area contributed by atoms with Crippen molar-refractivity contribution in [1.82, 2.24) is 0 Å². The van der Waals surface area contributed by atoms with E-state index in [9.17, 15) is 0 Å². The average Bonchev–Trinajstić information content (AvgIpc) is 2.01. The van der Waals surface area contributed by atoms with Gasteiger partial charge in [0.25, 0.3) is 0 Å². The SMILES string of the molecule is CC(C)CC=NC(C#N)CC(C)C. The number of nitrogens with zero attached hydrogens (tertiary/aromatic N) is 2. The standard InChI is InChI=1S/C11H20N2/c1-9(2)5-6-13-11(8-12)7-10(3)4/h6,9-11H,5,7H2,1-4H3. The van der Waals surface area contributed by atoms with Crippen molar-refractivity contribution >= 4 is 6.21 Å². The molecule has 2 nitrogen and oxygen atoms in total. The lowest BCUT2D eigenvalue weighted by Crippen LogP contribution is -2.05. The molecule has 0 aromatic heterocycles. The van der Waals surface area contributed by atoms with E-state index >= 15 is 0 Å². The lowest BCUT2D eigenvalue weighted by molar-refractivity contribution is 0.552. The van der Waals surface area contributed by atoms with Gasteiger partial charge in [0, 0.05) is 6.21 Å². The summed E-state index contributed by atoms with van der Waals surface area (Å²) in [6.45, 7) is 8.52. The van der Waals surface area contributed by atoms with Crippen LogP contribution in [0.5, 0.6) is 0 Å². The Morgan fingerprint density at radius 1 is 1.23 bits per heavy atom. The van der Waals surface area contributed by atoms with Crippen molar-refractivity contribution in [2.24, 2.45) is 16.8 Å². The van der Waals surface area contributed by atoms with Gasteiger partial charge in [0.05, 0.1) is 6.07 Å². The smallest absolute Gasteiger partial charge is 0.136 e. The van der Waals surface area contributed by atoms with Gasteiger partial charge in [0.15, 0.2) is 0 Å². The second-order valence-corrected chi connectivity index (χ2v) is 4.24. The van der Waals surface area contributed by atoms with Crippen LogP contribution in [-0.2, 0) is 0 Å². The summed E-state index contributed by atoms with van der Waals surface area (Å²) in [5.41, 5.74) is 0. The fourth-order valence-corrected chi connectivity index (χ4v) is 0.992. The maximum Gasteiger partial charge on any atom is 0.136 e. The minimum atomic E-state index is -0.140. The van der Waals surface area contributed by atoms with Crippen LogP contribution in [-0.4, -0.2) is 12.3 Å². The Bertz CT molecular complexity index is 187. The van der Waals surface area contributed by atoms with E-state index < -0.39 is 0 Å². The molecular weight excluding hydrogens is 160 g/mol. The van der Waals surface area contributed by atoms with E-state index in [4.69, 9.17) is 5.26 Å². The molecule has 0 bridgehead atoms. The fraction of sp³-hybridized carbons (Fsp3) is 0.818. The van der Waals surface area contributed by atoms with Crippen LogP contribution < -0.4 is 0 Å². The molecule has 13 heavy (non-hydrogen) atoms. The number of rotatable bonds is 5. The van der Waals surface area contributed by atoms with E-state index in [2.05, 4.69) is 38.8 Å². The van der Waals surface area contributed by atoms with Gasteiger partial charge in [0.2, 0.25) is 0 Å². The molecule has 1 unspecified atom stereocenters. The lowest BCUT2D eigenvalue weighted by Gasteiger charge is -2.06. The number of hydrogen-bond acceptors (Lipinski definition) is 2. The molecule has 0 amide bonds. The van der Waals surface area contributed by atoms with E-state index in [1.165, 1.54) is 0 Å². The highest BCUT2D eigenvalue weighted by Gasteiger charge is 2.06. The van der Waals surface area contributed by atoms with E-state index in [-0.39, 0.29) is 6.04 Å². The summed E-state index contributed by atoms with van der Waals surface area (Å²) in [4.78, 5) is 4.24. The topological polar surface area (TPSA) is 36.1 Å². The summed E-state index contributed by atoms with van der Waals surface area (Å²) >= 11 is 0. The van der Waals surface area contributed by atoms with Gasteiger partial charge in [-0.25, -0.2) is 0 Å². The van der Waals surface area contributed by atoms with Crippen LogP contribution in [0.3, 0.4) is 0 Å². The Hall–Kier alpha value is -0.840. The van der Waals surface area contributed by atoms with Gasteiger partial charge in [-0.15, -0.1) is 0 Å². The predicted molar refractivity (Wildman–Crippen MR) is 56.8 cm³/mol. The summed E-state index contributed by atoms with van der Waals surface area (Å²) in [5.74, 6) is 1.17.